The minimum absolute atomic E-state index is 0.286. The van der Waals surface area contributed by atoms with Crippen LogP contribution in [0.1, 0.15) is 38.0 Å². The summed E-state index contributed by atoms with van der Waals surface area (Å²) >= 11 is 1.42. The number of carbonyl (C=O) groups is 2. The molecular formula is C15H18O4S. The molecule has 1 atom stereocenters. The van der Waals surface area contributed by atoms with Crippen LogP contribution in [0.2, 0.25) is 0 Å². The van der Waals surface area contributed by atoms with Crippen molar-refractivity contribution in [2.75, 3.05) is 6.61 Å². The predicted octanol–water partition coefficient (Wildman–Crippen LogP) is 3.18. The summed E-state index contributed by atoms with van der Waals surface area (Å²) in [6.07, 6.45) is 2.07. The average Bonchev–Trinajstić information content (AvgIpc) is 3.03. The van der Waals surface area contributed by atoms with Gasteiger partial charge in [0.2, 0.25) is 0 Å². The van der Waals surface area contributed by atoms with Gasteiger partial charge in [0.25, 0.3) is 0 Å². The highest BCUT2D eigenvalue weighted by atomic mass is 32.1. The lowest BCUT2D eigenvalue weighted by Crippen LogP contribution is -2.19. The molecule has 0 amide bonds. The van der Waals surface area contributed by atoms with Gasteiger partial charge in [-0.05, 0) is 31.2 Å². The Balaban J connectivity index is 2.38. The van der Waals surface area contributed by atoms with Crippen LogP contribution < -0.4 is 0 Å². The van der Waals surface area contributed by atoms with Crippen molar-refractivity contribution in [2.45, 2.75) is 39.2 Å². The van der Waals surface area contributed by atoms with E-state index in [9.17, 15) is 9.59 Å². The lowest BCUT2D eigenvalue weighted by atomic mass is 10.0. The second-order valence-electron chi connectivity index (χ2n) is 4.52. The fourth-order valence-electron chi connectivity index (χ4n) is 2.21. The monoisotopic (exact) mass is 294 g/mol. The van der Waals surface area contributed by atoms with E-state index in [1.807, 2.05) is 17.5 Å². The van der Waals surface area contributed by atoms with E-state index in [-0.39, 0.29) is 6.61 Å². The molecule has 1 aliphatic rings. The number of ether oxygens (including phenoxy) is 2. The first-order valence-electron chi connectivity index (χ1n) is 6.85. The number of thiophene rings is 1. The second-order valence-corrected chi connectivity index (χ2v) is 5.47. The number of carbonyl (C=O) groups excluding carboxylic acids is 2. The lowest BCUT2D eigenvalue weighted by molar-refractivity contribution is -0.141. The third-order valence-corrected chi connectivity index (χ3v) is 4.01. The molecule has 0 aromatic carbocycles. The predicted molar refractivity (Wildman–Crippen MR) is 77.3 cm³/mol. The number of esters is 2. The molecule has 1 aliphatic heterocycles. The van der Waals surface area contributed by atoms with Gasteiger partial charge in [-0.15, -0.1) is 11.3 Å². The summed E-state index contributed by atoms with van der Waals surface area (Å²) in [6.45, 7) is 4.10. The first-order valence-corrected chi connectivity index (χ1v) is 7.73. The number of hydrogen-bond acceptors (Lipinski definition) is 5. The molecule has 4 nitrogen and oxygen atoms in total. The maximum absolute atomic E-state index is 12.2. The topological polar surface area (TPSA) is 52.6 Å². The van der Waals surface area contributed by atoms with Crippen molar-refractivity contribution in [1.82, 2.24) is 0 Å². The molecule has 0 saturated heterocycles. The Labute approximate surface area is 122 Å². The van der Waals surface area contributed by atoms with Gasteiger partial charge < -0.3 is 9.47 Å². The number of cyclic esters (lactones) is 1. The SMILES string of the molecule is CCCC[C@H]1OC(=O)C(c2cccs2)=C1C(=O)OCC. The zero-order valence-corrected chi connectivity index (χ0v) is 12.5. The third kappa shape index (κ3) is 2.93. The third-order valence-electron chi connectivity index (χ3n) is 3.13. The Kier molecular flexibility index (Phi) is 4.95. The van der Waals surface area contributed by atoms with Crippen molar-refractivity contribution < 1.29 is 19.1 Å². The Hall–Kier alpha value is -1.62. The number of unbranched alkanes of at least 4 members (excludes halogenated alkanes) is 1. The Morgan fingerprint density at radius 1 is 1.45 bits per heavy atom. The molecule has 108 valence electrons. The van der Waals surface area contributed by atoms with E-state index in [0.717, 1.165) is 17.7 Å². The summed E-state index contributed by atoms with van der Waals surface area (Å²) in [6, 6.07) is 3.67. The molecule has 5 heteroatoms. The minimum Gasteiger partial charge on any atom is -0.463 e. The van der Waals surface area contributed by atoms with E-state index in [1.165, 1.54) is 11.3 Å². The lowest BCUT2D eigenvalue weighted by Gasteiger charge is -2.12. The summed E-state index contributed by atoms with van der Waals surface area (Å²) in [7, 11) is 0. The van der Waals surface area contributed by atoms with Gasteiger partial charge in [0, 0.05) is 4.88 Å². The van der Waals surface area contributed by atoms with Crippen molar-refractivity contribution in [3.05, 3.63) is 28.0 Å². The van der Waals surface area contributed by atoms with Crippen molar-refractivity contribution >= 4 is 28.8 Å². The van der Waals surface area contributed by atoms with Crippen LogP contribution >= 0.6 is 11.3 Å². The van der Waals surface area contributed by atoms with Crippen molar-refractivity contribution in [1.29, 1.82) is 0 Å². The highest BCUT2D eigenvalue weighted by Gasteiger charge is 2.39. The van der Waals surface area contributed by atoms with Crippen molar-refractivity contribution in [3.63, 3.8) is 0 Å². The maximum atomic E-state index is 12.2. The summed E-state index contributed by atoms with van der Waals surface area (Å²) in [5.74, 6) is -0.862. The molecule has 1 aromatic heterocycles. The molecular weight excluding hydrogens is 276 g/mol. The van der Waals surface area contributed by atoms with Gasteiger partial charge >= 0.3 is 11.9 Å². The molecule has 0 aliphatic carbocycles. The molecule has 2 heterocycles. The molecule has 0 saturated carbocycles. The summed E-state index contributed by atoms with van der Waals surface area (Å²) in [5, 5.41) is 1.87. The second kappa shape index (κ2) is 6.70. The van der Waals surface area contributed by atoms with Gasteiger partial charge in [-0.1, -0.05) is 19.4 Å². The van der Waals surface area contributed by atoms with E-state index in [0.29, 0.717) is 17.6 Å². The summed E-state index contributed by atoms with van der Waals surface area (Å²) in [5.41, 5.74) is 0.757. The minimum atomic E-state index is -0.474. The zero-order chi connectivity index (χ0) is 14.5. The van der Waals surface area contributed by atoms with E-state index in [2.05, 4.69) is 6.92 Å². The van der Waals surface area contributed by atoms with Crippen LogP contribution in [-0.4, -0.2) is 24.6 Å². The van der Waals surface area contributed by atoms with Crippen LogP contribution in [0.25, 0.3) is 5.57 Å². The van der Waals surface area contributed by atoms with Crippen molar-refractivity contribution in [3.8, 4) is 0 Å². The molecule has 0 fully saturated rings. The highest BCUT2D eigenvalue weighted by Crippen LogP contribution is 2.35. The van der Waals surface area contributed by atoms with Gasteiger partial charge in [-0.2, -0.15) is 0 Å². The fourth-order valence-corrected chi connectivity index (χ4v) is 2.98. The average molecular weight is 294 g/mol. The molecule has 0 unspecified atom stereocenters. The Morgan fingerprint density at radius 3 is 2.85 bits per heavy atom. The van der Waals surface area contributed by atoms with E-state index >= 15 is 0 Å². The smallest absolute Gasteiger partial charge is 0.340 e. The van der Waals surface area contributed by atoms with Gasteiger partial charge in [0.1, 0.15) is 6.10 Å². The normalized spacial score (nSPS) is 18.3. The van der Waals surface area contributed by atoms with Crippen LogP contribution in [-0.2, 0) is 19.1 Å². The van der Waals surface area contributed by atoms with Crippen LogP contribution in [0.15, 0.2) is 23.1 Å². The van der Waals surface area contributed by atoms with E-state index in [1.54, 1.807) is 6.92 Å². The highest BCUT2D eigenvalue weighted by molar-refractivity contribution is 7.11. The van der Waals surface area contributed by atoms with E-state index < -0.39 is 18.0 Å². The molecule has 0 spiro atoms. The molecule has 1 aromatic rings. The first kappa shape index (κ1) is 14.8. The molecule has 20 heavy (non-hydrogen) atoms. The largest absolute Gasteiger partial charge is 0.463 e. The maximum Gasteiger partial charge on any atom is 0.340 e. The molecule has 0 radical (unpaired) electrons. The quantitative estimate of drug-likeness (QED) is 0.756. The number of hydrogen-bond donors (Lipinski definition) is 0. The van der Waals surface area contributed by atoms with Gasteiger partial charge in [0.05, 0.1) is 17.8 Å². The zero-order valence-electron chi connectivity index (χ0n) is 11.7. The molecule has 0 N–H and O–H groups in total. The van der Waals surface area contributed by atoms with Crippen LogP contribution in [0.4, 0.5) is 0 Å². The van der Waals surface area contributed by atoms with Gasteiger partial charge in [-0.25, -0.2) is 9.59 Å². The summed E-state index contributed by atoms with van der Waals surface area (Å²) < 4.78 is 10.5. The summed E-state index contributed by atoms with van der Waals surface area (Å²) in [4.78, 5) is 25.0. The fraction of sp³-hybridized carbons (Fsp3) is 0.467. The van der Waals surface area contributed by atoms with Gasteiger partial charge in [-0.3, -0.25) is 0 Å². The van der Waals surface area contributed by atoms with Crippen LogP contribution in [0, 0.1) is 0 Å². The Bertz CT molecular complexity index is 516. The molecule has 0 bridgehead atoms. The number of rotatable bonds is 6. The van der Waals surface area contributed by atoms with E-state index in [4.69, 9.17) is 9.47 Å². The van der Waals surface area contributed by atoms with Crippen molar-refractivity contribution in [2.24, 2.45) is 0 Å². The first-order chi connectivity index (χ1) is 9.69. The Morgan fingerprint density at radius 2 is 2.25 bits per heavy atom. The standard InChI is InChI=1S/C15H18O4S/c1-3-5-7-10-12(14(16)18-4-2)13(15(17)19-10)11-8-6-9-20-11/h6,8-10H,3-5,7H2,1-2H3/t10-/m1/s1. The van der Waals surface area contributed by atoms with Crippen LogP contribution in [0.5, 0.6) is 0 Å². The van der Waals surface area contributed by atoms with Gasteiger partial charge in [0.15, 0.2) is 0 Å². The molecule has 2 rings (SSSR count). The van der Waals surface area contributed by atoms with Crippen LogP contribution in [0.3, 0.4) is 0 Å².